The Morgan fingerprint density at radius 2 is 1.97 bits per heavy atom. The molecule has 4 rings (SSSR count). The van der Waals surface area contributed by atoms with Gasteiger partial charge in [0.1, 0.15) is 5.82 Å². The summed E-state index contributed by atoms with van der Waals surface area (Å²) in [6, 6.07) is 13.0. The molecule has 0 unspecified atom stereocenters. The van der Waals surface area contributed by atoms with Gasteiger partial charge in [0, 0.05) is 29.5 Å². The number of rotatable bonds is 5. The number of nitrogens with zero attached hydrogens (tertiary/aromatic N) is 1. The largest absolute Gasteiger partial charge is 0.349 e. The van der Waals surface area contributed by atoms with Crippen molar-refractivity contribution in [2.45, 2.75) is 51.5 Å². The summed E-state index contributed by atoms with van der Waals surface area (Å²) in [7, 11) is 0. The van der Waals surface area contributed by atoms with Crippen LogP contribution in [0.2, 0.25) is 5.02 Å². The van der Waals surface area contributed by atoms with E-state index < -0.39 is 0 Å². The smallest absolute Gasteiger partial charge is 0.224 e. The Labute approximate surface area is 186 Å². The van der Waals surface area contributed by atoms with Crippen LogP contribution in [0, 0.1) is 5.92 Å². The minimum Gasteiger partial charge on any atom is -0.349 e. The molecule has 1 fully saturated rings. The SMILES string of the molecule is CC(=O)Nc1cccc([C@H](C)NC(=O)[C@H]2CCCC[C@@H]2c2nc3ccc(Cl)cc3[nH]2)c1. The van der Waals surface area contributed by atoms with Crippen LogP contribution in [-0.2, 0) is 9.59 Å². The number of hydrogen-bond acceptors (Lipinski definition) is 3. The van der Waals surface area contributed by atoms with E-state index in [2.05, 4.69) is 15.6 Å². The van der Waals surface area contributed by atoms with Crippen LogP contribution in [0.25, 0.3) is 11.0 Å². The third-order valence-electron chi connectivity index (χ3n) is 5.98. The Balaban J connectivity index is 1.51. The van der Waals surface area contributed by atoms with Crippen molar-refractivity contribution in [2.24, 2.45) is 5.92 Å². The summed E-state index contributed by atoms with van der Waals surface area (Å²) in [6.07, 6.45) is 3.89. The Morgan fingerprint density at radius 3 is 2.77 bits per heavy atom. The van der Waals surface area contributed by atoms with E-state index in [0.29, 0.717) is 5.02 Å². The summed E-state index contributed by atoms with van der Waals surface area (Å²) in [6.45, 7) is 3.44. The molecule has 3 aromatic rings. The standard InChI is InChI=1S/C24H27ClN4O2/c1-14(16-6-5-7-18(12-16)27-15(2)30)26-24(31)20-9-4-3-8-19(20)23-28-21-11-10-17(25)13-22(21)29-23/h5-7,10-14,19-20H,3-4,8-9H2,1-2H3,(H,26,31)(H,27,30)(H,28,29)/t14-,19-,20-/m0/s1. The van der Waals surface area contributed by atoms with Gasteiger partial charge in [-0.1, -0.05) is 36.6 Å². The highest BCUT2D eigenvalue weighted by molar-refractivity contribution is 6.31. The van der Waals surface area contributed by atoms with E-state index in [1.807, 2.05) is 49.4 Å². The average Bonchev–Trinajstić information content (AvgIpc) is 3.16. The molecule has 31 heavy (non-hydrogen) atoms. The molecule has 2 amide bonds. The van der Waals surface area contributed by atoms with E-state index in [1.165, 1.54) is 6.92 Å². The molecule has 1 saturated carbocycles. The molecule has 0 spiro atoms. The summed E-state index contributed by atoms with van der Waals surface area (Å²) in [5, 5.41) is 6.63. The third kappa shape index (κ3) is 4.90. The van der Waals surface area contributed by atoms with Gasteiger partial charge in [-0.2, -0.15) is 0 Å². The van der Waals surface area contributed by atoms with Gasteiger partial charge in [0.25, 0.3) is 0 Å². The maximum Gasteiger partial charge on any atom is 0.224 e. The number of carbonyl (C=O) groups is 2. The lowest BCUT2D eigenvalue weighted by atomic mass is 9.78. The molecular formula is C24H27ClN4O2. The number of halogens is 1. The molecule has 1 aliphatic carbocycles. The number of H-pyrrole nitrogens is 1. The zero-order chi connectivity index (χ0) is 22.0. The van der Waals surface area contributed by atoms with Crippen LogP contribution < -0.4 is 10.6 Å². The molecule has 3 N–H and O–H groups in total. The fourth-order valence-electron chi connectivity index (χ4n) is 4.44. The predicted octanol–water partition coefficient (Wildman–Crippen LogP) is 5.33. The van der Waals surface area contributed by atoms with E-state index in [-0.39, 0.29) is 29.7 Å². The maximum absolute atomic E-state index is 13.3. The van der Waals surface area contributed by atoms with Crippen LogP contribution in [0.15, 0.2) is 42.5 Å². The van der Waals surface area contributed by atoms with Crippen molar-refractivity contribution in [1.29, 1.82) is 0 Å². The normalized spacial score (nSPS) is 19.7. The Bertz CT molecular complexity index is 1110. The van der Waals surface area contributed by atoms with Crippen molar-refractivity contribution in [3.63, 3.8) is 0 Å². The zero-order valence-corrected chi connectivity index (χ0v) is 18.5. The number of imidazole rings is 1. The lowest BCUT2D eigenvalue weighted by Gasteiger charge is -2.30. The van der Waals surface area contributed by atoms with E-state index in [1.54, 1.807) is 0 Å². The first-order valence-electron chi connectivity index (χ1n) is 10.7. The van der Waals surface area contributed by atoms with Crippen LogP contribution >= 0.6 is 11.6 Å². The number of hydrogen-bond donors (Lipinski definition) is 3. The van der Waals surface area contributed by atoms with Gasteiger partial charge in [-0.25, -0.2) is 4.98 Å². The second kappa shape index (κ2) is 9.10. The monoisotopic (exact) mass is 438 g/mol. The molecule has 1 aromatic heterocycles. The minimum absolute atomic E-state index is 0.0422. The molecule has 0 aliphatic heterocycles. The second-order valence-electron chi connectivity index (χ2n) is 8.32. The summed E-state index contributed by atoms with van der Waals surface area (Å²) in [5.41, 5.74) is 3.44. The first-order valence-corrected chi connectivity index (χ1v) is 11.1. The zero-order valence-electron chi connectivity index (χ0n) is 17.7. The fourth-order valence-corrected chi connectivity index (χ4v) is 4.61. The van der Waals surface area contributed by atoms with Crippen LogP contribution in [-0.4, -0.2) is 21.8 Å². The third-order valence-corrected chi connectivity index (χ3v) is 6.22. The van der Waals surface area contributed by atoms with Crippen LogP contribution in [0.5, 0.6) is 0 Å². The number of nitrogens with one attached hydrogen (secondary N) is 3. The summed E-state index contributed by atoms with van der Waals surface area (Å²) in [4.78, 5) is 32.7. The number of carbonyl (C=O) groups excluding carboxylic acids is 2. The van der Waals surface area contributed by atoms with Crippen molar-refractivity contribution >= 4 is 40.1 Å². The van der Waals surface area contributed by atoms with Gasteiger partial charge in [0.05, 0.1) is 17.1 Å². The Kier molecular flexibility index (Phi) is 6.28. The van der Waals surface area contributed by atoms with Gasteiger partial charge in [-0.15, -0.1) is 0 Å². The van der Waals surface area contributed by atoms with Crippen LogP contribution in [0.4, 0.5) is 5.69 Å². The van der Waals surface area contributed by atoms with E-state index in [0.717, 1.165) is 53.8 Å². The molecule has 6 nitrogen and oxygen atoms in total. The topological polar surface area (TPSA) is 86.9 Å². The highest BCUT2D eigenvalue weighted by atomic mass is 35.5. The first kappa shape index (κ1) is 21.4. The lowest BCUT2D eigenvalue weighted by molar-refractivity contribution is -0.127. The number of fused-ring (bicyclic) bond motifs is 1. The molecule has 0 radical (unpaired) electrons. The molecule has 2 aromatic carbocycles. The van der Waals surface area contributed by atoms with Crippen LogP contribution in [0.1, 0.15) is 62.9 Å². The summed E-state index contributed by atoms with van der Waals surface area (Å²) >= 11 is 6.11. The van der Waals surface area contributed by atoms with Crippen molar-refractivity contribution in [3.05, 3.63) is 58.9 Å². The molecule has 162 valence electrons. The molecular weight excluding hydrogens is 412 g/mol. The molecule has 7 heteroatoms. The summed E-state index contributed by atoms with van der Waals surface area (Å²) < 4.78 is 0. The lowest BCUT2D eigenvalue weighted by Crippen LogP contribution is -2.37. The minimum atomic E-state index is -0.168. The Morgan fingerprint density at radius 1 is 1.16 bits per heavy atom. The number of aromatic amines is 1. The first-order chi connectivity index (χ1) is 14.9. The predicted molar refractivity (Wildman–Crippen MR) is 123 cm³/mol. The van der Waals surface area contributed by atoms with Crippen molar-refractivity contribution in [1.82, 2.24) is 15.3 Å². The number of benzene rings is 2. The summed E-state index contributed by atoms with van der Waals surface area (Å²) in [5.74, 6) is 0.702. The maximum atomic E-state index is 13.3. The number of anilines is 1. The van der Waals surface area contributed by atoms with Crippen molar-refractivity contribution in [3.8, 4) is 0 Å². The van der Waals surface area contributed by atoms with Gasteiger partial charge in [-0.3, -0.25) is 9.59 Å². The highest BCUT2D eigenvalue weighted by Gasteiger charge is 2.34. The quantitative estimate of drug-likeness (QED) is 0.503. The Hall–Kier alpha value is -2.86. The van der Waals surface area contributed by atoms with Crippen molar-refractivity contribution in [2.75, 3.05) is 5.32 Å². The molecule has 1 aliphatic rings. The van der Waals surface area contributed by atoms with E-state index in [9.17, 15) is 9.59 Å². The van der Waals surface area contributed by atoms with Gasteiger partial charge < -0.3 is 15.6 Å². The molecule has 0 saturated heterocycles. The highest BCUT2D eigenvalue weighted by Crippen LogP contribution is 2.38. The van der Waals surface area contributed by atoms with Gasteiger partial charge in [-0.05, 0) is 55.7 Å². The molecule has 1 heterocycles. The van der Waals surface area contributed by atoms with Crippen molar-refractivity contribution < 1.29 is 9.59 Å². The van der Waals surface area contributed by atoms with Crippen LogP contribution in [0.3, 0.4) is 0 Å². The molecule has 0 bridgehead atoms. The van der Waals surface area contributed by atoms with E-state index in [4.69, 9.17) is 16.6 Å². The fraction of sp³-hybridized carbons (Fsp3) is 0.375. The van der Waals surface area contributed by atoms with Gasteiger partial charge in [0.2, 0.25) is 11.8 Å². The molecule has 3 atom stereocenters. The van der Waals surface area contributed by atoms with E-state index >= 15 is 0 Å². The average molecular weight is 439 g/mol. The number of aromatic nitrogens is 2. The number of amides is 2. The second-order valence-corrected chi connectivity index (χ2v) is 8.75. The van der Waals surface area contributed by atoms with Gasteiger partial charge >= 0.3 is 0 Å². The van der Waals surface area contributed by atoms with Gasteiger partial charge in [0.15, 0.2) is 0 Å².